The first-order valence-electron chi connectivity index (χ1n) is 4.35. The molecule has 0 spiro atoms. The predicted molar refractivity (Wildman–Crippen MR) is 57.3 cm³/mol. The quantitative estimate of drug-likeness (QED) is 0.609. The normalized spacial score (nSPS) is 14.8. The largest absolute Gasteiger partial charge is 0.361 e. The molecule has 0 bridgehead atoms. The summed E-state index contributed by atoms with van der Waals surface area (Å²) in [6.07, 6.45) is 0.299. The summed E-state index contributed by atoms with van der Waals surface area (Å²) < 4.78 is 5.83. The van der Waals surface area contributed by atoms with Crippen LogP contribution in [0, 0.1) is 5.92 Å². The Bertz CT molecular complexity index is 141. The van der Waals surface area contributed by atoms with Crippen LogP contribution in [0.3, 0.4) is 0 Å². The maximum Gasteiger partial charge on any atom is 0.112 e. The van der Waals surface area contributed by atoms with Crippen molar-refractivity contribution in [3.05, 3.63) is 12.0 Å². The van der Waals surface area contributed by atoms with Gasteiger partial charge in [0.2, 0.25) is 0 Å². The summed E-state index contributed by atoms with van der Waals surface area (Å²) in [4.78, 5) is -0.147. The Morgan fingerprint density at radius 1 is 1.33 bits per heavy atom. The number of ether oxygens (including phenoxy) is 1. The van der Waals surface area contributed by atoms with Gasteiger partial charge in [0.1, 0.15) is 4.93 Å². The molecule has 0 heterocycles. The molecule has 0 aromatic heterocycles. The van der Waals surface area contributed by atoms with E-state index in [1.165, 1.54) is 0 Å². The van der Waals surface area contributed by atoms with E-state index < -0.39 is 0 Å². The Kier molecular flexibility index (Phi) is 4.95. The third kappa shape index (κ3) is 4.83. The summed E-state index contributed by atoms with van der Waals surface area (Å²) in [6.45, 7) is 14.3. The lowest BCUT2D eigenvalue weighted by molar-refractivity contribution is -0.0265. The van der Waals surface area contributed by atoms with Crippen LogP contribution in [-0.2, 0) is 4.74 Å². The zero-order valence-electron chi connectivity index (χ0n) is 8.76. The van der Waals surface area contributed by atoms with Crippen molar-refractivity contribution in [3.8, 4) is 0 Å². The molecular formula is C10H20OS. The second-order valence-electron chi connectivity index (χ2n) is 3.75. The van der Waals surface area contributed by atoms with Gasteiger partial charge in [0, 0.05) is 0 Å². The van der Waals surface area contributed by atoms with Gasteiger partial charge in [-0.3, -0.25) is 0 Å². The van der Waals surface area contributed by atoms with Crippen molar-refractivity contribution in [3.63, 3.8) is 0 Å². The summed E-state index contributed by atoms with van der Waals surface area (Å²) >= 11 is 1.62. The molecule has 0 aliphatic carbocycles. The summed E-state index contributed by atoms with van der Waals surface area (Å²) in [6, 6.07) is 0. The minimum atomic E-state index is -0.147. The molecule has 0 fully saturated rings. The zero-order valence-corrected chi connectivity index (χ0v) is 9.57. The van der Waals surface area contributed by atoms with Gasteiger partial charge in [-0.15, -0.1) is 11.8 Å². The maximum atomic E-state index is 5.83. The van der Waals surface area contributed by atoms with Gasteiger partial charge in [0.15, 0.2) is 0 Å². The first-order chi connectivity index (χ1) is 5.39. The maximum absolute atomic E-state index is 5.83. The van der Waals surface area contributed by atoms with Gasteiger partial charge < -0.3 is 4.74 Å². The third-order valence-corrected chi connectivity index (χ3v) is 2.61. The average Bonchev–Trinajstić information content (AvgIpc) is 1.85. The number of hydrogen-bond acceptors (Lipinski definition) is 2. The summed E-state index contributed by atoms with van der Waals surface area (Å²) in [5.41, 5.74) is 0. The van der Waals surface area contributed by atoms with Crippen molar-refractivity contribution in [1.82, 2.24) is 0 Å². The standard InChI is InChI=1S/C10H20OS/c1-7-12-10(5,6)11-9(4)8(2)3/h7-9H,1H2,2-6H3. The fraction of sp³-hybridized carbons (Fsp3) is 0.800. The molecule has 1 nitrogen and oxygen atoms in total. The first-order valence-corrected chi connectivity index (χ1v) is 5.23. The van der Waals surface area contributed by atoms with Crippen LogP contribution in [-0.4, -0.2) is 11.0 Å². The number of hydrogen-bond donors (Lipinski definition) is 0. The Hall–Kier alpha value is 0.0500. The molecule has 0 N–H and O–H groups in total. The molecule has 1 unspecified atom stereocenters. The van der Waals surface area contributed by atoms with Crippen LogP contribution in [0.4, 0.5) is 0 Å². The van der Waals surface area contributed by atoms with Gasteiger partial charge >= 0.3 is 0 Å². The molecule has 12 heavy (non-hydrogen) atoms. The lowest BCUT2D eigenvalue weighted by Gasteiger charge is -2.29. The number of thioether (sulfide) groups is 1. The van der Waals surface area contributed by atoms with Crippen molar-refractivity contribution in [1.29, 1.82) is 0 Å². The molecule has 0 radical (unpaired) electrons. The van der Waals surface area contributed by atoms with Crippen LogP contribution in [0.15, 0.2) is 12.0 Å². The second kappa shape index (κ2) is 4.93. The van der Waals surface area contributed by atoms with Crippen molar-refractivity contribution >= 4 is 11.8 Å². The highest BCUT2D eigenvalue weighted by Crippen LogP contribution is 2.29. The molecule has 0 aliphatic rings. The van der Waals surface area contributed by atoms with Crippen molar-refractivity contribution in [2.45, 2.75) is 45.7 Å². The Labute approximate surface area is 80.6 Å². The van der Waals surface area contributed by atoms with Crippen LogP contribution in [0.5, 0.6) is 0 Å². The third-order valence-electron chi connectivity index (χ3n) is 1.78. The minimum Gasteiger partial charge on any atom is -0.361 e. The molecule has 0 saturated carbocycles. The van der Waals surface area contributed by atoms with Gasteiger partial charge in [-0.1, -0.05) is 20.4 Å². The van der Waals surface area contributed by atoms with E-state index in [4.69, 9.17) is 4.74 Å². The molecule has 0 amide bonds. The average molecular weight is 188 g/mol. The molecular weight excluding hydrogens is 168 g/mol. The van der Waals surface area contributed by atoms with Crippen LogP contribution >= 0.6 is 11.8 Å². The monoisotopic (exact) mass is 188 g/mol. The molecule has 0 aromatic carbocycles. The molecule has 2 heteroatoms. The minimum absolute atomic E-state index is 0.147. The molecule has 0 aromatic rings. The van der Waals surface area contributed by atoms with Crippen LogP contribution in [0.1, 0.15) is 34.6 Å². The van der Waals surface area contributed by atoms with Gasteiger partial charge in [0.25, 0.3) is 0 Å². The van der Waals surface area contributed by atoms with Gasteiger partial charge in [0.05, 0.1) is 6.10 Å². The van der Waals surface area contributed by atoms with Crippen molar-refractivity contribution in [2.24, 2.45) is 5.92 Å². The lowest BCUT2D eigenvalue weighted by Crippen LogP contribution is -2.28. The van der Waals surface area contributed by atoms with E-state index >= 15 is 0 Å². The van der Waals surface area contributed by atoms with Crippen molar-refractivity contribution < 1.29 is 4.74 Å². The fourth-order valence-electron chi connectivity index (χ4n) is 0.812. The summed E-state index contributed by atoms with van der Waals surface area (Å²) in [5, 5.41) is 1.83. The van der Waals surface area contributed by atoms with Crippen LogP contribution in [0.2, 0.25) is 0 Å². The second-order valence-corrected chi connectivity index (χ2v) is 5.30. The molecule has 0 saturated heterocycles. The first kappa shape index (κ1) is 12.0. The Morgan fingerprint density at radius 2 is 1.83 bits per heavy atom. The topological polar surface area (TPSA) is 9.23 Å². The van der Waals surface area contributed by atoms with E-state index in [1.807, 2.05) is 5.41 Å². The van der Waals surface area contributed by atoms with Crippen LogP contribution in [0.25, 0.3) is 0 Å². The smallest absolute Gasteiger partial charge is 0.112 e. The molecule has 0 aliphatic heterocycles. The SMILES string of the molecule is C=CSC(C)(C)OC(C)C(C)C. The van der Waals surface area contributed by atoms with Crippen molar-refractivity contribution in [2.75, 3.05) is 0 Å². The van der Waals surface area contributed by atoms with Gasteiger partial charge in [-0.25, -0.2) is 0 Å². The molecule has 0 rings (SSSR count). The van der Waals surface area contributed by atoms with Gasteiger partial charge in [-0.05, 0) is 32.1 Å². The van der Waals surface area contributed by atoms with E-state index in [0.29, 0.717) is 12.0 Å². The highest BCUT2D eigenvalue weighted by Gasteiger charge is 2.22. The molecule has 72 valence electrons. The fourth-order valence-corrected chi connectivity index (χ4v) is 1.42. The predicted octanol–water partition coefficient (Wildman–Crippen LogP) is 3.66. The molecule has 1 atom stereocenters. The summed E-state index contributed by atoms with van der Waals surface area (Å²) in [7, 11) is 0. The Balaban J connectivity index is 3.95. The van der Waals surface area contributed by atoms with E-state index in [1.54, 1.807) is 11.8 Å². The zero-order chi connectivity index (χ0) is 9.78. The van der Waals surface area contributed by atoms with E-state index in [-0.39, 0.29) is 4.93 Å². The van der Waals surface area contributed by atoms with E-state index in [9.17, 15) is 0 Å². The van der Waals surface area contributed by atoms with E-state index in [2.05, 4.69) is 41.2 Å². The highest BCUT2D eigenvalue weighted by molar-refractivity contribution is 8.03. The number of rotatable bonds is 5. The highest BCUT2D eigenvalue weighted by atomic mass is 32.2. The van der Waals surface area contributed by atoms with E-state index in [0.717, 1.165) is 0 Å². The Morgan fingerprint density at radius 3 is 2.17 bits per heavy atom. The lowest BCUT2D eigenvalue weighted by atomic mass is 10.1. The van der Waals surface area contributed by atoms with Gasteiger partial charge in [-0.2, -0.15) is 0 Å². The summed E-state index contributed by atoms with van der Waals surface area (Å²) in [5.74, 6) is 0.565. The van der Waals surface area contributed by atoms with Crippen LogP contribution < -0.4 is 0 Å².